The predicted molar refractivity (Wildman–Crippen MR) is 139 cm³/mol. The fraction of sp³-hybridized carbons (Fsp3) is 0.172. The van der Waals surface area contributed by atoms with Gasteiger partial charge in [-0.25, -0.2) is 0 Å². The highest BCUT2D eigenvalue weighted by atomic mass is 16.3. The van der Waals surface area contributed by atoms with Crippen LogP contribution in [0.3, 0.4) is 0 Å². The largest absolute Gasteiger partial charge is 0.467 e. The lowest BCUT2D eigenvalue weighted by atomic mass is 10.0. The van der Waals surface area contributed by atoms with Crippen LogP contribution in [0.1, 0.15) is 50.8 Å². The monoisotopic (exact) mass is 513 g/mol. The van der Waals surface area contributed by atoms with Gasteiger partial charge in [0.25, 0.3) is 5.91 Å². The lowest BCUT2D eigenvalue weighted by Crippen LogP contribution is -2.47. The predicted octanol–water partition coefficient (Wildman–Crippen LogP) is 4.20. The smallest absolute Gasteiger partial charge is 0.287 e. The minimum absolute atomic E-state index is 0.0569. The highest BCUT2D eigenvalue weighted by molar-refractivity contribution is 6.04. The highest BCUT2D eigenvalue weighted by Gasteiger charge is 2.33. The number of furan rings is 2. The molecule has 4 aromatic rings. The molecule has 3 amide bonds. The summed E-state index contributed by atoms with van der Waals surface area (Å²) in [7, 11) is 0. The zero-order valence-electron chi connectivity index (χ0n) is 21.0. The summed E-state index contributed by atoms with van der Waals surface area (Å²) in [6, 6.07) is 19.0. The zero-order valence-corrected chi connectivity index (χ0v) is 21.0. The van der Waals surface area contributed by atoms with Crippen molar-refractivity contribution in [3.63, 3.8) is 0 Å². The van der Waals surface area contributed by atoms with Crippen LogP contribution in [0, 0.1) is 6.92 Å². The van der Waals surface area contributed by atoms with Crippen molar-refractivity contribution in [1.29, 1.82) is 0 Å². The molecular formula is C29H27N3O6. The number of ketones is 1. The number of Topliss-reactive ketones (excluding diaryl/α,β-unsaturated/α-hetero) is 1. The maximum Gasteiger partial charge on any atom is 0.287 e. The van der Waals surface area contributed by atoms with E-state index in [0.717, 1.165) is 5.56 Å². The number of anilines is 1. The second-order valence-corrected chi connectivity index (χ2v) is 8.64. The normalized spacial score (nSPS) is 11.4. The fourth-order valence-corrected chi connectivity index (χ4v) is 3.88. The van der Waals surface area contributed by atoms with Gasteiger partial charge in [-0.2, -0.15) is 0 Å². The van der Waals surface area contributed by atoms with Gasteiger partial charge in [-0.1, -0.05) is 29.8 Å². The van der Waals surface area contributed by atoms with Gasteiger partial charge in [0.1, 0.15) is 11.8 Å². The Labute approximate surface area is 219 Å². The van der Waals surface area contributed by atoms with E-state index in [-0.39, 0.29) is 18.1 Å². The number of nitrogens with one attached hydrogen (secondary N) is 2. The summed E-state index contributed by atoms with van der Waals surface area (Å²) < 4.78 is 10.4. The van der Waals surface area contributed by atoms with Crippen molar-refractivity contribution >= 4 is 29.2 Å². The lowest BCUT2D eigenvalue weighted by Gasteiger charge is -2.31. The summed E-state index contributed by atoms with van der Waals surface area (Å²) in [5.74, 6) is -1.08. The average molecular weight is 514 g/mol. The number of carbonyl (C=O) groups is 4. The third-order valence-corrected chi connectivity index (χ3v) is 5.88. The SMILES string of the molecule is CC(=O)c1ccc(N(C(=O)CNC(=O)c2ccco2)[C@H](C(=O)NCc2ccco2)c2ccc(C)cc2)cc1. The number of benzene rings is 2. The second-order valence-electron chi connectivity index (χ2n) is 8.64. The van der Waals surface area contributed by atoms with Gasteiger partial charge in [-0.15, -0.1) is 0 Å². The van der Waals surface area contributed by atoms with Crippen molar-refractivity contribution in [3.8, 4) is 0 Å². The Kier molecular flexibility index (Phi) is 8.17. The summed E-state index contributed by atoms with van der Waals surface area (Å²) in [5.41, 5.74) is 2.39. The topological polar surface area (TPSA) is 122 Å². The molecule has 2 N–H and O–H groups in total. The molecule has 0 spiro atoms. The third-order valence-electron chi connectivity index (χ3n) is 5.88. The molecule has 9 nitrogen and oxygen atoms in total. The molecule has 0 aliphatic rings. The Balaban J connectivity index is 1.69. The van der Waals surface area contributed by atoms with Crippen LogP contribution in [-0.2, 0) is 16.1 Å². The first-order valence-electron chi connectivity index (χ1n) is 11.9. The number of nitrogens with zero attached hydrogens (tertiary/aromatic N) is 1. The van der Waals surface area contributed by atoms with Gasteiger partial charge >= 0.3 is 0 Å². The van der Waals surface area contributed by atoms with Crippen LogP contribution in [0.2, 0.25) is 0 Å². The van der Waals surface area contributed by atoms with E-state index in [1.807, 2.05) is 19.1 Å². The molecule has 2 heterocycles. The Morgan fingerprint density at radius 1 is 0.842 bits per heavy atom. The maximum absolute atomic E-state index is 13.7. The van der Waals surface area contributed by atoms with E-state index in [4.69, 9.17) is 8.83 Å². The van der Waals surface area contributed by atoms with Crippen LogP contribution >= 0.6 is 0 Å². The van der Waals surface area contributed by atoms with Gasteiger partial charge in [0.05, 0.1) is 25.6 Å². The Morgan fingerprint density at radius 2 is 1.53 bits per heavy atom. The molecule has 2 aromatic carbocycles. The van der Waals surface area contributed by atoms with Crippen molar-refractivity contribution in [3.05, 3.63) is 114 Å². The van der Waals surface area contributed by atoms with Crippen LogP contribution in [-0.4, -0.2) is 30.0 Å². The molecule has 2 aromatic heterocycles. The van der Waals surface area contributed by atoms with E-state index in [1.165, 1.54) is 30.4 Å². The van der Waals surface area contributed by atoms with Crippen molar-refractivity contribution in [2.75, 3.05) is 11.4 Å². The Morgan fingerprint density at radius 3 is 2.13 bits per heavy atom. The standard InChI is InChI=1S/C29H27N3O6/c1-19-7-9-22(10-8-19)27(29(36)30-17-24-5-3-15-37-24)32(23-13-11-21(12-14-23)20(2)33)26(34)18-31-28(35)25-6-4-16-38-25/h3-16,27H,17-18H2,1-2H3,(H,30,36)(H,31,35)/t27-/m0/s1. The van der Waals surface area contributed by atoms with Crippen LogP contribution in [0.4, 0.5) is 5.69 Å². The molecule has 4 rings (SSSR count). The molecule has 0 fully saturated rings. The fourth-order valence-electron chi connectivity index (χ4n) is 3.88. The number of hydrogen-bond donors (Lipinski definition) is 2. The second kappa shape index (κ2) is 11.9. The zero-order chi connectivity index (χ0) is 27.1. The minimum Gasteiger partial charge on any atom is -0.467 e. The molecule has 9 heteroatoms. The van der Waals surface area contributed by atoms with Gasteiger partial charge in [0.2, 0.25) is 11.8 Å². The molecule has 0 saturated heterocycles. The quantitative estimate of drug-likeness (QED) is 0.307. The molecule has 0 radical (unpaired) electrons. The maximum atomic E-state index is 13.7. The van der Waals surface area contributed by atoms with Gasteiger partial charge in [0.15, 0.2) is 11.5 Å². The first kappa shape index (κ1) is 26.2. The van der Waals surface area contributed by atoms with Crippen molar-refractivity contribution < 1.29 is 28.0 Å². The summed E-state index contributed by atoms with van der Waals surface area (Å²) in [6.45, 7) is 3.08. The van der Waals surface area contributed by atoms with Crippen molar-refractivity contribution in [2.24, 2.45) is 0 Å². The first-order valence-corrected chi connectivity index (χ1v) is 11.9. The molecule has 0 saturated carbocycles. The molecule has 194 valence electrons. The minimum atomic E-state index is -1.08. The number of aryl methyl sites for hydroxylation is 1. The van der Waals surface area contributed by atoms with E-state index >= 15 is 0 Å². The average Bonchev–Trinajstić information content (AvgIpc) is 3.64. The number of carbonyl (C=O) groups excluding carboxylic acids is 4. The third kappa shape index (κ3) is 6.25. The van der Waals surface area contributed by atoms with Gasteiger partial charge in [0, 0.05) is 11.3 Å². The summed E-state index contributed by atoms with van der Waals surface area (Å²) >= 11 is 0. The van der Waals surface area contributed by atoms with E-state index in [9.17, 15) is 19.2 Å². The highest BCUT2D eigenvalue weighted by Crippen LogP contribution is 2.29. The molecular weight excluding hydrogens is 486 g/mol. The summed E-state index contributed by atoms with van der Waals surface area (Å²) in [4.78, 5) is 52.9. The molecule has 38 heavy (non-hydrogen) atoms. The van der Waals surface area contributed by atoms with Crippen molar-refractivity contribution in [2.45, 2.75) is 26.4 Å². The number of hydrogen-bond acceptors (Lipinski definition) is 6. The van der Waals surface area contributed by atoms with E-state index in [2.05, 4.69) is 10.6 Å². The molecule has 0 unspecified atom stereocenters. The number of rotatable bonds is 10. The van der Waals surface area contributed by atoms with E-state index in [1.54, 1.807) is 54.6 Å². The first-order chi connectivity index (χ1) is 18.3. The van der Waals surface area contributed by atoms with Gasteiger partial charge in [-0.05, 0) is 67.9 Å². The molecule has 1 atom stereocenters. The Bertz CT molecular complexity index is 1390. The summed E-state index contributed by atoms with van der Waals surface area (Å²) in [6.07, 6.45) is 2.86. The van der Waals surface area contributed by atoms with Crippen LogP contribution < -0.4 is 15.5 Å². The summed E-state index contributed by atoms with van der Waals surface area (Å²) in [5, 5.41) is 5.39. The molecule has 0 bridgehead atoms. The molecule has 0 aliphatic heterocycles. The number of amides is 3. The van der Waals surface area contributed by atoms with Crippen LogP contribution in [0.15, 0.2) is 94.2 Å². The van der Waals surface area contributed by atoms with Gasteiger partial charge < -0.3 is 19.5 Å². The van der Waals surface area contributed by atoms with E-state index in [0.29, 0.717) is 22.6 Å². The molecule has 0 aliphatic carbocycles. The van der Waals surface area contributed by atoms with Crippen LogP contribution in [0.25, 0.3) is 0 Å². The lowest BCUT2D eigenvalue weighted by molar-refractivity contribution is -0.126. The van der Waals surface area contributed by atoms with E-state index < -0.39 is 30.3 Å². The Hall–Kier alpha value is -4.92. The van der Waals surface area contributed by atoms with Crippen molar-refractivity contribution in [1.82, 2.24) is 10.6 Å². The van der Waals surface area contributed by atoms with Crippen LogP contribution in [0.5, 0.6) is 0 Å². The van der Waals surface area contributed by atoms with Gasteiger partial charge in [-0.3, -0.25) is 24.1 Å².